The SMILES string of the molecule is C=CCOc1ccc(C=CC(=O)OCC(=O)NCC2CCCO2)cc1. The van der Waals surface area contributed by atoms with E-state index in [1.54, 1.807) is 24.3 Å². The van der Waals surface area contributed by atoms with Crippen LogP contribution in [0.1, 0.15) is 18.4 Å². The second-order valence-electron chi connectivity index (χ2n) is 5.55. The average Bonchev–Trinajstić information content (AvgIpc) is 3.15. The van der Waals surface area contributed by atoms with E-state index >= 15 is 0 Å². The fourth-order valence-corrected chi connectivity index (χ4v) is 2.26. The molecule has 25 heavy (non-hydrogen) atoms. The van der Waals surface area contributed by atoms with Gasteiger partial charge in [-0.3, -0.25) is 4.79 Å². The normalized spacial score (nSPS) is 16.6. The predicted octanol–water partition coefficient (Wildman–Crippen LogP) is 2.10. The highest BCUT2D eigenvalue weighted by Gasteiger charge is 2.16. The van der Waals surface area contributed by atoms with Gasteiger partial charge in [0.05, 0.1) is 6.10 Å². The maximum atomic E-state index is 11.6. The summed E-state index contributed by atoms with van der Waals surface area (Å²) in [5.41, 5.74) is 0.825. The van der Waals surface area contributed by atoms with Gasteiger partial charge in [0.15, 0.2) is 6.61 Å². The van der Waals surface area contributed by atoms with Crippen LogP contribution in [0.3, 0.4) is 0 Å². The summed E-state index contributed by atoms with van der Waals surface area (Å²) in [4.78, 5) is 23.3. The Balaban J connectivity index is 1.67. The monoisotopic (exact) mass is 345 g/mol. The first-order valence-electron chi connectivity index (χ1n) is 8.24. The van der Waals surface area contributed by atoms with Crippen LogP contribution in [-0.4, -0.2) is 44.3 Å². The molecular formula is C19H23NO5. The van der Waals surface area contributed by atoms with Gasteiger partial charge < -0.3 is 19.5 Å². The lowest BCUT2D eigenvalue weighted by atomic mass is 10.2. The molecule has 0 aliphatic carbocycles. The first-order chi connectivity index (χ1) is 12.2. The zero-order valence-electron chi connectivity index (χ0n) is 14.1. The minimum absolute atomic E-state index is 0.0676. The fourth-order valence-electron chi connectivity index (χ4n) is 2.26. The lowest BCUT2D eigenvalue weighted by molar-refractivity contribution is -0.143. The molecule has 0 radical (unpaired) electrons. The molecule has 6 nitrogen and oxygen atoms in total. The number of carbonyl (C=O) groups is 2. The Morgan fingerprint density at radius 2 is 2.12 bits per heavy atom. The molecule has 1 unspecified atom stereocenters. The molecule has 1 N–H and O–H groups in total. The van der Waals surface area contributed by atoms with E-state index in [2.05, 4.69) is 11.9 Å². The van der Waals surface area contributed by atoms with Crippen LogP contribution in [0.15, 0.2) is 43.0 Å². The molecule has 2 rings (SSSR count). The molecule has 1 fully saturated rings. The summed E-state index contributed by atoms with van der Waals surface area (Å²) in [6.45, 7) is 4.91. The summed E-state index contributed by atoms with van der Waals surface area (Å²) in [6, 6.07) is 7.23. The van der Waals surface area contributed by atoms with Gasteiger partial charge in [0.25, 0.3) is 5.91 Å². The van der Waals surface area contributed by atoms with Crippen molar-refractivity contribution in [3.8, 4) is 5.75 Å². The molecule has 1 saturated heterocycles. The van der Waals surface area contributed by atoms with E-state index in [-0.39, 0.29) is 18.6 Å². The van der Waals surface area contributed by atoms with Crippen LogP contribution in [0.5, 0.6) is 5.75 Å². The quantitative estimate of drug-likeness (QED) is 0.421. The first kappa shape index (κ1) is 18.7. The Hall–Kier alpha value is -2.60. The minimum Gasteiger partial charge on any atom is -0.490 e. The average molecular weight is 345 g/mol. The Bertz CT molecular complexity index is 603. The van der Waals surface area contributed by atoms with Crippen LogP contribution in [0, 0.1) is 0 Å². The van der Waals surface area contributed by atoms with Gasteiger partial charge in [0.1, 0.15) is 12.4 Å². The van der Waals surface area contributed by atoms with Crippen molar-refractivity contribution in [2.24, 2.45) is 0 Å². The molecule has 0 saturated carbocycles. The summed E-state index contributed by atoms with van der Waals surface area (Å²) in [5.74, 6) is -0.178. The largest absolute Gasteiger partial charge is 0.490 e. The van der Waals surface area contributed by atoms with Crippen molar-refractivity contribution in [2.75, 3.05) is 26.4 Å². The van der Waals surface area contributed by atoms with Gasteiger partial charge in [0, 0.05) is 19.2 Å². The number of benzene rings is 1. The smallest absolute Gasteiger partial charge is 0.331 e. The summed E-state index contributed by atoms with van der Waals surface area (Å²) >= 11 is 0. The van der Waals surface area contributed by atoms with E-state index < -0.39 is 5.97 Å². The highest BCUT2D eigenvalue weighted by atomic mass is 16.5. The van der Waals surface area contributed by atoms with Crippen molar-refractivity contribution in [2.45, 2.75) is 18.9 Å². The van der Waals surface area contributed by atoms with Crippen LogP contribution in [0.2, 0.25) is 0 Å². The van der Waals surface area contributed by atoms with Gasteiger partial charge >= 0.3 is 5.97 Å². The zero-order chi connectivity index (χ0) is 17.9. The van der Waals surface area contributed by atoms with Crippen LogP contribution < -0.4 is 10.1 Å². The van der Waals surface area contributed by atoms with Gasteiger partial charge in [-0.2, -0.15) is 0 Å². The first-order valence-corrected chi connectivity index (χ1v) is 8.24. The number of hydrogen-bond acceptors (Lipinski definition) is 5. The van der Waals surface area contributed by atoms with Gasteiger partial charge in [-0.15, -0.1) is 0 Å². The highest BCUT2D eigenvalue weighted by Crippen LogP contribution is 2.13. The van der Waals surface area contributed by atoms with E-state index in [1.807, 2.05) is 12.1 Å². The second kappa shape index (κ2) is 10.3. The third kappa shape index (κ3) is 7.22. The van der Waals surface area contributed by atoms with E-state index in [4.69, 9.17) is 14.2 Å². The number of rotatable bonds is 9. The lowest BCUT2D eigenvalue weighted by Crippen LogP contribution is -2.34. The second-order valence-corrected chi connectivity index (χ2v) is 5.55. The number of esters is 1. The third-order valence-corrected chi connectivity index (χ3v) is 3.56. The van der Waals surface area contributed by atoms with Gasteiger partial charge in [-0.25, -0.2) is 4.79 Å². The standard InChI is InChI=1S/C19H23NO5/c1-2-11-23-16-8-5-15(6-9-16)7-10-19(22)25-14-18(21)20-13-17-4-3-12-24-17/h2,5-10,17H,1,3-4,11-14H2,(H,20,21). The molecule has 1 aliphatic rings. The summed E-state index contributed by atoms with van der Waals surface area (Å²) in [5, 5.41) is 2.69. The molecule has 1 aliphatic heterocycles. The van der Waals surface area contributed by atoms with E-state index in [1.165, 1.54) is 6.08 Å². The molecule has 1 aromatic carbocycles. The molecule has 0 aromatic heterocycles. The van der Waals surface area contributed by atoms with Crippen molar-refractivity contribution in [1.82, 2.24) is 5.32 Å². The van der Waals surface area contributed by atoms with Crippen LogP contribution in [0.4, 0.5) is 0 Å². The van der Waals surface area contributed by atoms with Crippen LogP contribution in [0.25, 0.3) is 6.08 Å². The molecule has 134 valence electrons. The van der Waals surface area contributed by atoms with Crippen LogP contribution in [-0.2, 0) is 19.1 Å². The highest BCUT2D eigenvalue weighted by molar-refractivity contribution is 5.89. The topological polar surface area (TPSA) is 73.9 Å². The number of amides is 1. The Morgan fingerprint density at radius 1 is 1.32 bits per heavy atom. The molecule has 0 spiro atoms. The molecule has 1 heterocycles. The maximum Gasteiger partial charge on any atom is 0.331 e. The lowest BCUT2D eigenvalue weighted by Gasteiger charge is -2.10. The third-order valence-electron chi connectivity index (χ3n) is 3.56. The molecule has 6 heteroatoms. The van der Waals surface area contributed by atoms with Crippen molar-refractivity contribution < 1.29 is 23.8 Å². The van der Waals surface area contributed by atoms with Crippen molar-refractivity contribution in [1.29, 1.82) is 0 Å². The van der Waals surface area contributed by atoms with E-state index in [0.29, 0.717) is 13.2 Å². The van der Waals surface area contributed by atoms with Crippen molar-refractivity contribution >= 4 is 18.0 Å². The van der Waals surface area contributed by atoms with Gasteiger partial charge in [-0.1, -0.05) is 24.8 Å². The molecule has 0 bridgehead atoms. The molecular weight excluding hydrogens is 322 g/mol. The van der Waals surface area contributed by atoms with Crippen molar-refractivity contribution in [3.63, 3.8) is 0 Å². The van der Waals surface area contributed by atoms with Crippen molar-refractivity contribution in [3.05, 3.63) is 48.6 Å². The predicted molar refractivity (Wildman–Crippen MR) is 94.1 cm³/mol. The number of hydrogen-bond donors (Lipinski definition) is 1. The minimum atomic E-state index is -0.570. The maximum absolute atomic E-state index is 11.6. The number of nitrogens with one attached hydrogen (secondary N) is 1. The van der Waals surface area contributed by atoms with Gasteiger partial charge in [0.2, 0.25) is 0 Å². The molecule has 1 aromatic rings. The summed E-state index contributed by atoms with van der Waals surface area (Å²) < 4.78 is 15.7. The summed E-state index contributed by atoms with van der Waals surface area (Å²) in [7, 11) is 0. The fraction of sp³-hybridized carbons (Fsp3) is 0.368. The molecule has 1 atom stereocenters. The molecule has 1 amide bonds. The van der Waals surface area contributed by atoms with E-state index in [9.17, 15) is 9.59 Å². The Morgan fingerprint density at radius 3 is 2.80 bits per heavy atom. The van der Waals surface area contributed by atoms with Crippen LogP contribution >= 0.6 is 0 Å². The number of ether oxygens (including phenoxy) is 3. The zero-order valence-corrected chi connectivity index (χ0v) is 14.1. The number of carbonyl (C=O) groups excluding carboxylic acids is 2. The Kier molecular flexibility index (Phi) is 7.72. The summed E-state index contributed by atoms with van der Waals surface area (Å²) in [6.07, 6.45) is 6.59. The van der Waals surface area contributed by atoms with E-state index in [0.717, 1.165) is 30.8 Å². The Labute approximate surface area is 147 Å². The van der Waals surface area contributed by atoms with Gasteiger partial charge in [-0.05, 0) is 36.6 Å².